The molecule has 1 aliphatic heterocycles. The molecular formula is C21H16N4O3. The zero-order valence-corrected chi connectivity index (χ0v) is 15.3. The van der Waals surface area contributed by atoms with Gasteiger partial charge in [-0.3, -0.25) is 23.7 Å². The number of benzene rings is 1. The van der Waals surface area contributed by atoms with Crippen molar-refractivity contribution in [1.82, 2.24) is 14.1 Å². The van der Waals surface area contributed by atoms with Crippen LogP contribution in [0.5, 0.6) is 0 Å². The second-order valence-electron chi connectivity index (χ2n) is 6.98. The Hall–Kier alpha value is -3.74. The first-order chi connectivity index (χ1) is 13.5. The molecule has 5 rings (SSSR count). The number of rotatable bonds is 1. The van der Waals surface area contributed by atoms with Gasteiger partial charge in [0, 0.05) is 43.2 Å². The van der Waals surface area contributed by atoms with Crippen LogP contribution >= 0.6 is 0 Å². The quantitative estimate of drug-likeness (QED) is 0.702. The smallest absolute Gasteiger partial charge is 0.332 e. The Morgan fingerprint density at radius 1 is 0.964 bits per heavy atom. The van der Waals surface area contributed by atoms with Crippen molar-refractivity contribution in [3.8, 4) is 0 Å². The van der Waals surface area contributed by atoms with Crippen molar-refractivity contribution in [2.24, 2.45) is 14.1 Å². The standard InChI is InChI=1S/C21H16N4O3/c1-24-19-16(20(27)25(2)21(24)28)14(11-6-5-9-22-10-11)15-17(23-19)12-7-3-4-8-13(12)18(15)26/h3-10,14,23H,1-2H3/t14-/m0/s1. The number of nitrogens with zero attached hydrogens (tertiary/aromatic N) is 3. The van der Waals surface area contributed by atoms with Gasteiger partial charge in [0.2, 0.25) is 0 Å². The largest absolute Gasteiger partial charge is 0.340 e. The fourth-order valence-electron chi connectivity index (χ4n) is 4.14. The molecule has 0 saturated carbocycles. The highest BCUT2D eigenvalue weighted by atomic mass is 16.2. The Balaban J connectivity index is 1.90. The van der Waals surface area contributed by atoms with Crippen molar-refractivity contribution in [1.29, 1.82) is 0 Å². The molecule has 7 heteroatoms. The van der Waals surface area contributed by atoms with E-state index in [0.717, 1.165) is 15.7 Å². The normalized spacial score (nSPS) is 17.1. The molecule has 1 aromatic carbocycles. The molecule has 0 saturated heterocycles. The predicted octanol–water partition coefficient (Wildman–Crippen LogP) is 1.64. The molecule has 0 amide bonds. The fraction of sp³-hybridized carbons (Fsp3) is 0.143. The second-order valence-corrected chi connectivity index (χ2v) is 6.98. The summed E-state index contributed by atoms with van der Waals surface area (Å²) in [7, 11) is 3.06. The SMILES string of the molecule is Cn1c2c(c(=O)n(C)c1=O)[C@@H](c1cccnc1)C1=C(N2)c2ccccc2C1=O. The van der Waals surface area contributed by atoms with E-state index in [2.05, 4.69) is 10.3 Å². The molecule has 1 atom stereocenters. The molecule has 28 heavy (non-hydrogen) atoms. The van der Waals surface area contributed by atoms with E-state index in [1.165, 1.54) is 11.6 Å². The lowest BCUT2D eigenvalue weighted by Crippen LogP contribution is -2.42. The van der Waals surface area contributed by atoms with E-state index in [4.69, 9.17) is 0 Å². The third kappa shape index (κ3) is 1.98. The number of pyridine rings is 1. The molecule has 138 valence electrons. The van der Waals surface area contributed by atoms with E-state index in [0.29, 0.717) is 28.2 Å². The van der Waals surface area contributed by atoms with E-state index < -0.39 is 17.2 Å². The Morgan fingerprint density at radius 3 is 2.43 bits per heavy atom. The van der Waals surface area contributed by atoms with Crippen molar-refractivity contribution in [2.75, 3.05) is 5.32 Å². The van der Waals surface area contributed by atoms with Crippen LogP contribution in [0.2, 0.25) is 0 Å². The van der Waals surface area contributed by atoms with E-state index in [1.54, 1.807) is 31.6 Å². The number of ketones is 1. The van der Waals surface area contributed by atoms with Gasteiger partial charge in [-0.1, -0.05) is 30.3 Å². The molecule has 0 radical (unpaired) electrons. The molecule has 2 aliphatic rings. The number of hydrogen-bond donors (Lipinski definition) is 1. The van der Waals surface area contributed by atoms with Crippen LogP contribution in [-0.4, -0.2) is 19.9 Å². The van der Waals surface area contributed by atoms with Gasteiger partial charge in [-0.15, -0.1) is 0 Å². The zero-order chi connectivity index (χ0) is 19.6. The lowest BCUT2D eigenvalue weighted by atomic mass is 9.82. The van der Waals surface area contributed by atoms with Crippen LogP contribution in [0.4, 0.5) is 5.82 Å². The molecule has 3 heterocycles. The van der Waals surface area contributed by atoms with Gasteiger partial charge in [0.1, 0.15) is 5.82 Å². The van der Waals surface area contributed by atoms with Crippen molar-refractivity contribution in [3.63, 3.8) is 0 Å². The maximum absolute atomic E-state index is 13.3. The van der Waals surface area contributed by atoms with Gasteiger partial charge >= 0.3 is 5.69 Å². The third-order valence-electron chi connectivity index (χ3n) is 5.49. The summed E-state index contributed by atoms with van der Waals surface area (Å²) in [5.41, 5.74) is 2.77. The maximum atomic E-state index is 13.3. The molecule has 0 bridgehead atoms. The second kappa shape index (κ2) is 5.63. The van der Waals surface area contributed by atoms with E-state index >= 15 is 0 Å². The number of fused-ring (bicyclic) bond motifs is 3. The topological polar surface area (TPSA) is 86.0 Å². The monoisotopic (exact) mass is 372 g/mol. The van der Waals surface area contributed by atoms with Gasteiger partial charge in [0.25, 0.3) is 5.56 Å². The van der Waals surface area contributed by atoms with Crippen LogP contribution in [-0.2, 0) is 14.1 Å². The molecule has 0 fully saturated rings. The summed E-state index contributed by atoms with van der Waals surface area (Å²) in [4.78, 5) is 43.0. The first-order valence-corrected chi connectivity index (χ1v) is 8.86. The molecule has 0 spiro atoms. The Kier molecular flexibility index (Phi) is 3.30. The Labute approximate surface area is 159 Å². The first-order valence-electron chi connectivity index (χ1n) is 8.86. The third-order valence-corrected chi connectivity index (χ3v) is 5.49. The van der Waals surface area contributed by atoms with Crippen LogP contribution in [0.1, 0.15) is 33.0 Å². The summed E-state index contributed by atoms with van der Waals surface area (Å²) in [5.74, 6) is -0.316. The Bertz CT molecular complexity index is 1320. The molecule has 7 nitrogen and oxygen atoms in total. The number of anilines is 1. The summed E-state index contributed by atoms with van der Waals surface area (Å²) in [5, 5.41) is 3.21. The highest BCUT2D eigenvalue weighted by Crippen LogP contribution is 2.47. The average molecular weight is 372 g/mol. The van der Waals surface area contributed by atoms with Crippen molar-refractivity contribution in [3.05, 3.63) is 97.5 Å². The van der Waals surface area contributed by atoms with Gasteiger partial charge in [0.05, 0.1) is 17.2 Å². The minimum absolute atomic E-state index is 0.117. The van der Waals surface area contributed by atoms with Crippen molar-refractivity contribution < 1.29 is 4.79 Å². The summed E-state index contributed by atoms with van der Waals surface area (Å²) in [6.07, 6.45) is 3.30. The molecule has 0 unspecified atom stereocenters. The van der Waals surface area contributed by atoms with Crippen LogP contribution in [0.3, 0.4) is 0 Å². The van der Waals surface area contributed by atoms with Gasteiger partial charge in [-0.2, -0.15) is 0 Å². The minimum Gasteiger partial charge on any atom is -0.340 e. The number of aromatic nitrogens is 3. The predicted molar refractivity (Wildman–Crippen MR) is 104 cm³/mol. The fourth-order valence-corrected chi connectivity index (χ4v) is 4.14. The highest BCUT2D eigenvalue weighted by molar-refractivity contribution is 6.23. The number of carbonyl (C=O) groups is 1. The summed E-state index contributed by atoms with van der Waals surface area (Å²) >= 11 is 0. The number of carbonyl (C=O) groups excluding carboxylic acids is 1. The van der Waals surface area contributed by atoms with Crippen molar-refractivity contribution >= 4 is 17.3 Å². The first kappa shape index (κ1) is 16.4. The minimum atomic E-state index is -0.606. The van der Waals surface area contributed by atoms with Crippen LogP contribution in [0, 0.1) is 0 Å². The summed E-state index contributed by atoms with van der Waals surface area (Å²) < 4.78 is 2.48. The van der Waals surface area contributed by atoms with Crippen LogP contribution in [0.15, 0.2) is 64.0 Å². The Morgan fingerprint density at radius 2 is 1.71 bits per heavy atom. The van der Waals surface area contributed by atoms with E-state index in [-0.39, 0.29) is 5.78 Å². The molecular weight excluding hydrogens is 356 g/mol. The van der Waals surface area contributed by atoms with E-state index in [9.17, 15) is 14.4 Å². The van der Waals surface area contributed by atoms with Gasteiger partial charge in [-0.05, 0) is 11.6 Å². The van der Waals surface area contributed by atoms with Gasteiger partial charge in [-0.25, -0.2) is 4.79 Å². The van der Waals surface area contributed by atoms with E-state index in [1.807, 2.05) is 24.3 Å². The maximum Gasteiger partial charge on any atom is 0.332 e. The number of Topliss-reactive ketones (excluding diaryl/α,β-unsaturated/α-hetero) is 1. The molecule has 1 aliphatic carbocycles. The average Bonchev–Trinajstić information content (AvgIpc) is 3.02. The lowest BCUT2D eigenvalue weighted by molar-refractivity contribution is 0.103. The zero-order valence-electron chi connectivity index (χ0n) is 15.3. The lowest BCUT2D eigenvalue weighted by Gasteiger charge is -2.29. The molecule has 2 aromatic heterocycles. The summed E-state index contributed by atoms with van der Waals surface area (Å²) in [6, 6.07) is 10.9. The van der Waals surface area contributed by atoms with Crippen LogP contribution < -0.4 is 16.6 Å². The number of nitrogens with one attached hydrogen (secondary N) is 1. The van der Waals surface area contributed by atoms with Gasteiger partial charge in [0.15, 0.2) is 5.78 Å². The van der Waals surface area contributed by atoms with Crippen LogP contribution in [0.25, 0.3) is 5.70 Å². The number of hydrogen-bond acceptors (Lipinski definition) is 5. The highest BCUT2D eigenvalue weighted by Gasteiger charge is 2.42. The van der Waals surface area contributed by atoms with Gasteiger partial charge < -0.3 is 5.32 Å². The number of allylic oxidation sites excluding steroid dienone is 1. The van der Waals surface area contributed by atoms with Crippen molar-refractivity contribution in [2.45, 2.75) is 5.92 Å². The molecule has 3 aromatic rings. The molecule has 1 N–H and O–H groups in total. The summed E-state index contributed by atoms with van der Waals surface area (Å²) in [6.45, 7) is 0.